The van der Waals surface area contributed by atoms with Crippen molar-refractivity contribution in [1.82, 2.24) is 19.7 Å². The topological polar surface area (TPSA) is 85.4 Å². The van der Waals surface area contributed by atoms with Crippen molar-refractivity contribution < 1.29 is 13.9 Å². The lowest BCUT2D eigenvalue weighted by atomic mass is 9.94. The molecule has 0 spiro atoms. The van der Waals surface area contributed by atoms with E-state index in [2.05, 4.69) is 15.4 Å². The molecular weight excluding hydrogens is 358 g/mol. The van der Waals surface area contributed by atoms with Gasteiger partial charge in [0.25, 0.3) is 6.01 Å². The molecule has 1 aromatic carbocycles. The second kappa shape index (κ2) is 7.63. The minimum atomic E-state index is -0.0479. The van der Waals surface area contributed by atoms with E-state index in [9.17, 15) is 4.79 Å². The molecule has 1 fully saturated rings. The number of anilines is 1. The van der Waals surface area contributed by atoms with Crippen molar-refractivity contribution in [2.45, 2.75) is 19.4 Å². The van der Waals surface area contributed by atoms with Gasteiger partial charge in [-0.3, -0.25) is 9.48 Å². The van der Waals surface area contributed by atoms with E-state index >= 15 is 0 Å². The molecule has 28 heavy (non-hydrogen) atoms. The van der Waals surface area contributed by atoms with Gasteiger partial charge in [0.1, 0.15) is 5.52 Å². The molecule has 0 radical (unpaired) electrons. The highest BCUT2D eigenvalue weighted by atomic mass is 16.5. The summed E-state index contributed by atoms with van der Waals surface area (Å²) >= 11 is 0. The minimum absolute atomic E-state index is 0.0479. The molecule has 8 heteroatoms. The third-order valence-electron chi connectivity index (χ3n) is 5.48. The fourth-order valence-corrected chi connectivity index (χ4v) is 3.89. The van der Waals surface area contributed by atoms with Gasteiger partial charge < -0.3 is 19.4 Å². The van der Waals surface area contributed by atoms with Gasteiger partial charge in [-0.15, -0.1) is 0 Å². The third-order valence-corrected chi connectivity index (χ3v) is 5.48. The number of para-hydroxylation sites is 2. The summed E-state index contributed by atoms with van der Waals surface area (Å²) in [6, 6.07) is 8.08. The highest BCUT2D eigenvalue weighted by Crippen LogP contribution is 2.39. The molecule has 0 unspecified atom stereocenters. The first-order valence-electron chi connectivity index (χ1n) is 9.45. The number of hydrogen-bond acceptors (Lipinski definition) is 6. The van der Waals surface area contributed by atoms with Gasteiger partial charge >= 0.3 is 0 Å². The molecule has 1 N–H and O–H groups in total. The number of carbonyl (C=O) groups is 1. The lowest BCUT2D eigenvalue weighted by Crippen LogP contribution is -2.33. The predicted molar refractivity (Wildman–Crippen MR) is 105 cm³/mol. The first-order valence-corrected chi connectivity index (χ1v) is 9.45. The predicted octanol–water partition coefficient (Wildman–Crippen LogP) is 2.52. The number of amides is 1. The van der Waals surface area contributed by atoms with Crippen LogP contribution >= 0.6 is 0 Å². The van der Waals surface area contributed by atoms with Gasteiger partial charge in [0, 0.05) is 50.8 Å². The number of rotatable bonds is 7. The molecule has 2 aromatic heterocycles. The van der Waals surface area contributed by atoms with Gasteiger partial charge in [-0.25, -0.2) is 0 Å². The summed E-state index contributed by atoms with van der Waals surface area (Å²) in [5.74, 6) is 0.219. The van der Waals surface area contributed by atoms with E-state index < -0.39 is 0 Å². The van der Waals surface area contributed by atoms with Gasteiger partial charge in [0.15, 0.2) is 5.58 Å². The van der Waals surface area contributed by atoms with Crippen LogP contribution in [-0.2, 0) is 16.6 Å². The molecular formula is C20H25N5O3. The third kappa shape index (κ3) is 3.35. The Balaban J connectivity index is 1.56. The Kier molecular flexibility index (Phi) is 5.04. The number of nitrogens with zero attached hydrogens (tertiary/aromatic N) is 4. The lowest BCUT2D eigenvalue weighted by molar-refractivity contribution is -0.129. The second-order valence-corrected chi connectivity index (χ2v) is 7.17. The van der Waals surface area contributed by atoms with Gasteiger partial charge in [0.2, 0.25) is 5.91 Å². The number of oxazole rings is 1. The normalized spacial score (nSPS) is 19.7. The van der Waals surface area contributed by atoms with Crippen LogP contribution in [0, 0.1) is 12.8 Å². The maximum atomic E-state index is 12.7. The monoisotopic (exact) mass is 383 g/mol. The van der Waals surface area contributed by atoms with E-state index in [0.29, 0.717) is 32.1 Å². The van der Waals surface area contributed by atoms with E-state index in [1.54, 1.807) is 7.11 Å². The molecule has 0 saturated carbocycles. The molecule has 148 valence electrons. The van der Waals surface area contributed by atoms with Crippen LogP contribution in [0.5, 0.6) is 0 Å². The summed E-state index contributed by atoms with van der Waals surface area (Å²) in [7, 11) is 3.57. The second-order valence-electron chi connectivity index (χ2n) is 7.17. The van der Waals surface area contributed by atoms with Crippen LogP contribution < -0.4 is 5.32 Å². The van der Waals surface area contributed by atoms with Gasteiger partial charge in [-0.1, -0.05) is 12.1 Å². The first-order chi connectivity index (χ1) is 13.6. The summed E-state index contributed by atoms with van der Waals surface area (Å²) in [5.41, 5.74) is 3.70. The first kappa shape index (κ1) is 18.5. The minimum Gasteiger partial charge on any atom is -0.424 e. The fraction of sp³-hybridized carbons (Fsp3) is 0.450. The Labute approximate surface area is 163 Å². The summed E-state index contributed by atoms with van der Waals surface area (Å²) in [5, 5.41) is 7.66. The number of benzene rings is 1. The Hall–Kier alpha value is -2.87. The standard InChI is InChI=1S/C20H25N5O3/c1-13-15(12-22-24(13)2)19-14(10-18(26)25(19)8-9-27-3)11-21-20-23-16-6-4-5-7-17(16)28-20/h4-7,12,14,19H,8-11H2,1-3H3,(H,21,23)/t14-,19+/m0/s1. The Bertz CT molecular complexity index is 946. The number of carbonyl (C=O) groups excluding carboxylic acids is 1. The summed E-state index contributed by atoms with van der Waals surface area (Å²) in [6.45, 7) is 3.69. The average Bonchev–Trinajstić information content (AvgIpc) is 3.34. The smallest absolute Gasteiger partial charge is 0.295 e. The molecule has 1 aliphatic rings. The van der Waals surface area contributed by atoms with E-state index in [1.165, 1.54) is 0 Å². The van der Waals surface area contributed by atoms with Crippen LogP contribution in [0.4, 0.5) is 6.01 Å². The molecule has 1 amide bonds. The van der Waals surface area contributed by atoms with Crippen LogP contribution in [0.25, 0.3) is 11.1 Å². The van der Waals surface area contributed by atoms with Gasteiger partial charge in [-0.2, -0.15) is 10.1 Å². The number of ether oxygens (including phenoxy) is 1. The highest BCUT2D eigenvalue weighted by Gasteiger charge is 2.41. The average molecular weight is 383 g/mol. The Morgan fingerprint density at radius 2 is 2.18 bits per heavy atom. The number of methoxy groups -OCH3 is 1. The number of likely N-dealkylation sites (tertiary alicyclic amines) is 1. The van der Waals surface area contributed by atoms with Crippen molar-refractivity contribution >= 4 is 23.0 Å². The van der Waals surface area contributed by atoms with Gasteiger partial charge in [-0.05, 0) is 19.1 Å². The van der Waals surface area contributed by atoms with Crippen molar-refractivity contribution in [1.29, 1.82) is 0 Å². The zero-order valence-corrected chi connectivity index (χ0v) is 16.4. The number of aryl methyl sites for hydroxylation is 1. The van der Waals surface area contributed by atoms with Crippen LogP contribution in [0.1, 0.15) is 23.7 Å². The van der Waals surface area contributed by atoms with Crippen LogP contribution in [0.15, 0.2) is 34.9 Å². The quantitative estimate of drug-likeness (QED) is 0.675. The van der Waals surface area contributed by atoms with E-state index in [4.69, 9.17) is 9.15 Å². The number of fused-ring (bicyclic) bond motifs is 1. The molecule has 1 aliphatic heterocycles. The van der Waals surface area contributed by atoms with Crippen molar-refractivity contribution in [2.75, 3.05) is 32.1 Å². The SMILES string of the molecule is COCCN1C(=O)C[C@@H](CNc2nc3ccccc3o2)[C@@H]1c1cnn(C)c1C. The molecule has 2 atom stereocenters. The molecule has 3 aromatic rings. The molecule has 0 bridgehead atoms. The van der Waals surface area contributed by atoms with Crippen molar-refractivity contribution in [2.24, 2.45) is 13.0 Å². The number of nitrogens with one attached hydrogen (secondary N) is 1. The van der Waals surface area contributed by atoms with Gasteiger partial charge in [0.05, 0.1) is 18.8 Å². The fourth-order valence-electron chi connectivity index (χ4n) is 3.89. The zero-order valence-electron chi connectivity index (χ0n) is 16.4. The molecule has 0 aliphatic carbocycles. The van der Waals surface area contributed by atoms with E-state index in [-0.39, 0.29) is 17.9 Å². The van der Waals surface area contributed by atoms with Crippen LogP contribution in [0.2, 0.25) is 0 Å². The van der Waals surface area contributed by atoms with Crippen LogP contribution in [-0.4, -0.2) is 52.4 Å². The van der Waals surface area contributed by atoms with E-state index in [0.717, 1.165) is 22.4 Å². The maximum absolute atomic E-state index is 12.7. The number of hydrogen-bond donors (Lipinski definition) is 1. The van der Waals surface area contributed by atoms with Crippen molar-refractivity contribution in [3.63, 3.8) is 0 Å². The number of aromatic nitrogens is 3. The van der Waals surface area contributed by atoms with Crippen LogP contribution in [0.3, 0.4) is 0 Å². The van der Waals surface area contributed by atoms with Crippen molar-refractivity contribution in [3.05, 3.63) is 41.7 Å². The highest BCUT2D eigenvalue weighted by molar-refractivity contribution is 5.80. The molecule has 3 heterocycles. The summed E-state index contributed by atoms with van der Waals surface area (Å²) in [4.78, 5) is 19.1. The lowest BCUT2D eigenvalue weighted by Gasteiger charge is -2.28. The molecule has 8 nitrogen and oxygen atoms in total. The maximum Gasteiger partial charge on any atom is 0.295 e. The zero-order chi connectivity index (χ0) is 19.7. The summed E-state index contributed by atoms with van der Waals surface area (Å²) in [6.07, 6.45) is 2.33. The Morgan fingerprint density at radius 1 is 1.36 bits per heavy atom. The van der Waals surface area contributed by atoms with Crippen molar-refractivity contribution in [3.8, 4) is 0 Å². The molecule has 1 saturated heterocycles. The summed E-state index contributed by atoms with van der Waals surface area (Å²) < 4.78 is 12.8. The Morgan fingerprint density at radius 3 is 2.89 bits per heavy atom. The van der Waals surface area contributed by atoms with E-state index in [1.807, 2.05) is 54.0 Å². The molecule has 4 rings (SSSR count). The largest absolute Gasteiger partial charge is 0.424 e.